The largest absolute Gasteiger partial charge is 0.372 e. The molecule has 1 aliphatic rings. The molecule has 5 nitrogen and oxygen atoms in total. The summed E-state index contributed by atoms with van der Waals surface area (Å²) in [6.07, 6.45) is 3.91. The summed E-state index contributed by atoms with van der Waals surface area (Å²) in [5.74, 6) is 1.70. The van der Waals surface area contributed by atoms with Gasteiger partial charge in [0.1, 0.15) is 10.6 Å². The molecule has 2 unspecified atom stereocenters. The average Bonchev–Trinajstić information content (AvgIpc) is 3.18. The van der Waals surface area contributed by atoms with Crippen LogP contribution in [0.2, 0.25) is 0 Å². The summed E-state index contributed by atoms with van der Waals surface area (Å²) >= 11 is 1.67. The number of anilines is 1. The van der Waals surface area contributed by atoms with E-state index in [9.17, 15) is 0 Å². The number of rotatable bonds is 3. The maximum Gasteiger partial charge on any atom is 0.164 e. The molecule has 0 aliphatic carbocycles. The number of ether oxygens (including phenoxy) is 1. The highest BCUT2D eigenvalue weighted by molar-refractivity contribution is 7.17. The van der Waals surface area contributed by atoms with Crippen LogP contribution in [-0.4, -0.2) is 40.2 Å². The van der Waals surface area contributed by atoms with Crippen LogP contribution in [-0.2, 0) is 4.74 Å². The zero-order valence-electron chi connectivity index (χ0n) is 16.4. The van der Waals surface area contributed by atoms with E-state index in [0.29, 0.717) is 5.82 Å². The lowest BCUT2D eigenvalue weighted by Crippen LogP contribution is -2.46. The fourth-order valence-electron chi connectivity index (χ4n) is 3.96. The third-order valence-corrected chi connectivity index (χ3v) is 6.01. The van der Waals surface area contributed by atoms with E-state index in [2.05, 4.69) is 53.4 Å². The van der Waals surface area contributed by atoms with E-state index in [1.54, 1.807) is 17.5 Å². The van der Waals surface area contributed by atoms with Crippen molar-refractivity contribution >= 4 is 27.4 Å². The molecule has 3 aromatic heterocycles. The Balaban J connectivity index is 1.73. The average molecular weight is 403 g/mol. The van der Waals surface area contributed by atoms with Crippen LogP contribution >= 0.6 is 11.3 Å². The second-order valence-corrected chi connectivity index (χ2v) is 8.33. The Morgan fingerprint density at radius 3 is 2.45 bits per heavy atom. The van der Waals surface area contributed by atoms with Gasteiger partial charge in [-0.05, 0) is 31.5 Å². The first-order valence-corrected chi connectivity index (χ1v) is 10.7. The molecule has 0 radical (unpaired) electrons. The van der Waals surface area contributed by atoms with Crippen molar-refractivity contribution in [2.45, 2.75) is 26.1 Å². The highest BCUT2D eigenvalue weighted by atomic mass is 32.1. The van der Waals surface area contributed by atoms with Gasteiger partial charge < -0.3 is 9.64 Å². The minimum Gasteiger partial charge on any atom is -0.372 e. The number of nitrogens with zero attached hydrogens (tertiary/aromatic N) is 4. The molecule has 0 N–H and O–H groups in total. The molecule has 29 heavy (non-hydrogen) atoms. The van der Waals surface area contributed by atoms with Crippen LogP contribution in [0.3, 0.4) is 0 Å². The summed E-state index contributed by atoms with van der Waals surface area (Å²) in [7, 11) is 0. The van der Waals surface area contributed by atoms with Gasteiger partial charge in [-0.3, -0.25) is 4.98 Å². The molecule has 4 heterocycles. The predicted octanol–water partition coefficient (Wildman–Crippen LogP) is 5.03. The Kier molecular flexibility index (Phi) is 4.73. The van der Waals surface area contributed by atoms with E-state index in [4.69, 9.17) is 14.7 Å². The van der Waals surface area contributed by atoms with Gasteiger partial charge in [-0.15, -0.1) is 11.3 Å². The summed E-state index contributed by atoms with van der Waals surface area (Å²) < 4.78 is 5.97. The Bertz CT molecular complexity index is 1120. The van der Waals surface area contributed by atoms with Gasteiger partial charge in [-0.1, -0.05) is 30.3 Å². The second-order valence-electron chi connectivity index (χ2n) is 7.47. The van der Waals surface area contributed by atoms with Crippen molar-refractivity contribution in [2.24, 2.45) is 0 Å². The summed E-state index contributed by atoms with van der Waals surface area (Å²) in [4.78, 5) is 17.5. The molecule has 1 fully saturated rings. The first-order valence-electron chi connectivity index (χ1n) is 9.84. The first kappa shape index (κ1) is 18.2. The summed E-state index contributed by atoms with van der Waals surface area (Å²) in [5, 5.41) is 3.31. The minimum absolute atomic E-state index is 0.157. The van der Waals surface area contributed by atoms with Crippen molar-refractivity contribution in [3.05, 3.63) is 60.2 Å². The van der Waals surface area contributed by atoms with Crippen molar-refractivity contribution in [3.8, 4) is 22.5 Å². The number of thiophene rings is 1. The van der Waals surface area contributed by atoms with Gasteiger partial charge in [0.2, 0.25) is 0 Å². The van der Waals surface area contributed by atoms with Gasteiger partial charge >= 0.3 is 0 Å². The zero-order valence-corrected chi connectivity index (χ0v) is 17.3. The first-order chi connectivity index (χ1) is 14.2. The van der Waals surface area contributed by atoms with Crippen molar-refractivity contribution in [1.82, 2.24) is 15.0 Å². The van der Waals surface area contributed by atoms with E-state index in [0.717, 1.165) is 34.7 Å². The maximum absolute atomic E-state index is 5.97. The van der Waals surface area contributed by atoms with Gasteiger partial charge in [0.25, 0.3) is 0 Å². The Hall–Kier alpha value is -2.83. The van der Waals surface area contributed by atoms with Gasteiger partial charge in [0, 0.05) is 42.0 Å². The third-order valence-electron chi connectivity index (χ3n) is 5.14. The molecule has 2 atom stereocenters. The van der Waals surface area contributed by atoms with Crippen LogP contribution in [0.1, 0.15) is 13.8 Å². The molecule has 1 aromatic carbocycles. The molecule has 146 valence electrons. The number of morpholine rings is 1. The van der Waals surface area contributed by atoms with Gasteiger partial charge in [-0.2, -0.15) is 0 Å². The predicted molar refractivity (Wildman–Crippen MR) is 118 cm³/mol. The van der Waals surface area contributed by atoms with Crippen LogP contribution in [0.5, 0.6) is 0 Å². The maximum atomic E-state index is 5.97. The number of hydrogen-bond acceptors (Lipinski definition) is 6. The summed E-state index contributed by atoms with van der Waals surface area (Å²) in [5.41, 5.74) is 3.30. The quantitative estimate of drug-likeness (QED) is 0.481. The normalized spacial score (nSPS) is 19.6. The lowest BCUT2D eigenvalue weighted by atomic mass is 10.1. The SMILES string of the molecule is CC1CN(c2nc(-c3cccnc3)nc3scc(-c4ccccc4)c23)CC(C)O1. The van der Waals surface area contributed by atoms with Gasteiger partial charge in [-0.25, -0.2) is 9.97 Å². The number of benzene rings is 1. The molecule has 0 amide bonds. The van der Waals surface area contributed by atoms with Crippen LogP contribution in [0.15, 0.2) is 60.2 Å². The van der Waals surface area contributed by atoms with Crippen molar-refractivity contribution < 1.29 is 4.74 Å². The lowest BCUT2D eigenvalue weighted by molar-refractivity contribution is -0.00536. The molecule has 6 heteroatoms. The standard InChI is InChI=1S/C23H22N4OS/c1-15-12-27(13-16(2)28-15)22-20-19(17-7-4-3-5-8-17)14-29-23(20)26-21(25-22)18-9-6-10-24-11-18/h3-11,14-16H,12-13H2,1-2H3. The number of hydrogen-bond donors (Lipinski definition) is 0. The summed E-state index contributed by atoms with van der Waals surface area (Å²) in [6, 6.07) is 14.4. The molecule has 0 spiro atoms. The Labute approximate surface area is 174 Å². The minimum atomic E-state index is 0.157. The fourth-order valence-corrected chi connectivity index (χ4v) is 4.90. The third kappa shape index (κ3) is 3.50. The molecule has 1 saturated heterocycles. The second kappa shape index (κ2) is 7.54. The molecule has 0 bridgehead atoms. The van der Waals surface area contributed by atoms with Gasteiger partial charge in [0.05, 0.1) is 17.6 Å². The van der Waals surface area contributed by atoms with E-state index >= 15 is 0 Å². The topological polar surface area (TPSA) is 51.1 Å². The number of aromatic nitrogens is 3. The Morgan fingerprint density at radius 2 is 1.72 bits per heavy atom. The van der Waals surface area contributed by atoms with Crippen LogP contribution in [0.4, 0.5) is 5.82 Å². The van der Waals surface area contributed by atoms with Crippen LogP contribution in [0, 0.1) is 0 Å². The van der Waals surface area contributed by atoms with E-state index in [-0.39, 0.29) is 12.2 Å². The molecular weight excluding hydrogens is 380 g/mol. The summed E-state index contributed by atoms with van der Waals surface area (Å²) in [6.45, 7) is 5.86. The van der Waals surface area contributed by atoms with Gasteiger partial charge in [0.15, 0.2) is 5.82 Å². The molecular formula is C23H22N4OS. The number of fused-ring (bicyclic) bond motifs is 1. The highest BCUT2D eigenvalue weighted by Crippen LogP contribution is 2.40. The molecule has 0 saturated carbocycles. The van der Waals surface area contributed by atoms with Crippen molar-refractivity contribution in [3.63, 3.8) is 0 Å². The monoisotopic (exact) mass is 402 g/mol. The zero-order chi connectivity index (χ0) is 19.8. The van der Waals surface area contributed by atoms with Crippen LogP contribution < -0.4 is 4.90 Å². The fraction of sp³-hybridized carbons (Fsp3) is 0.261. The lowest BCUT2D eigenvalue weighted by Gasteiger charge is -2.36. The molecule has 5 rings (SSSR count). The van der Waals surface area contributed by atoms with Crippen molar-refractivity contribution in [1.29, 1.82) is 0 Å². The van der Waals surface area contributed by atoms with E-state index in [1.165, 1.54) is 11.1 Å². The number of pyridine rings is 1. The highest BCUT2D eigenvalue weighted by Gasteiger charge is 2.27. The smallest absolute Gasteiger partial charge is 0.164 e. The van der Waals surface area contributed by atoms with E-state index in [1.807, 2.05) is 24.4 Å². The van der Waals surface area contributed by atoms with E-state index < -0.39 is 0 Å². The molecule has 4 aromatic rings. The molecule has 1 aliphatic heterocycles. The van der Waals surface area contributed by atoms with Crippen LogP contribution in [0.25, 0.3) is 32.7 Å². The van der Waals surface area contributed by atoms with Crippen molar-refractivity contribution in [2.75, 3.05) is 18.0 Å². The Morgan fingerprint density at radius 1 is 0.966 bits per heavy atom.